The van der Waals surface area contributed by atoms with Crippen LogP contribution in [0.4, 0.5) is 11.4 Å². The van der Waals surface area contributed by atoms with Gasteiger partial charge >= 0.3 is 11.8 Å². The van der Waals surface area contributed by atoms with Crippen molar-refractivity contribution in [3.8, 4) is 0 Å². The smallest absolute Gasteiger partial charge is 0.313 e. The van der Waals surface area contributed by atoms with Gasteiger partial charge in [0, 0.05) is 23.8 Å². The molecule has 27 heavy (non-hydrogen) atoms. The normalized spacial score (nSPS) is 15.4. The number of rotatable bonds is 4. The molecule has 7 nitrogen and oxygen atoms in total. The molecule has 9 heteroatoms. The third-order valence-corrected chi connectivity index (χ3v) is 6.33. The van der Waals surface area contributed by atoms with E-state index in [-0.39, 0.29) is 12.3 Å². The molecule has 0 atom stereocenters. The van der Waals surface area contributed by atoms with Crippen LogP contribution in [0.25, 0.3) is 0 Å². The molecule has 2 aromatic rings. The molecule has 0 aliphatic carbocycles. The number of carbonyl (C=O) groups is 2. The number of hydrogen-bond donors (Lipinski definition) is 2. The summed E-state index contributed by atoms with van der Waals surface area (Å²) in [5, 5.41) is 5.48. The van der Waals surface area contributed by atoms with Gasteiger partial charge in [0.1, 0.15) is 0 Å². The zero-order valence-corrected chi connectivity index (χ0v) is 15.9. The molecule has 0 bridgehead atoms. The summed E-state index contributed by atoms with van der Waals surface area (Å²) in [5.41, 5.74) is 1.50. The third kappa shape index (κ3) is 4.58. The Kier molecular flexibility index (Phi) is 5.67. The fourth-order valence-electron chi connectivity index (χ4n) is 2.75. The lowest BCUT2D eigenvalue weighted by Gasteiger charge is -2.17. The van der Waals surface area contributed by atoms with E-state index in [1.807, 2.05) is 0 Å². The minimum absolute atomic E-state index is 0.105. The molecule has 1 saturated heterocycles. The molecule has 2 aromatic carbocycles. The van der Waals surface area contributed by atoms with Crippen LogP contribution in [0.1, 0.15) is 12.0 Å². The van der Waals surface area contributed by atoms with Gasteiger partial charge in [-0.15, -0.1) is 0 Å². The van der Waals surface area contributed by atoms with Crippen molar-refractivity contribution in [3.63, 3.8) is 0 Å². The number of halogens is 1. The maximum Gasteiger partial charge on any atom is 0.313 e. The number of nitrogens with one attached hydrogen (secondary N) is 2. The van der Waals surface area contributed by atoms with Gasteiger partial charge in [-0.3, -0.25) is 13.9 Å². The fourth-order valence-corrected chi connectivity index (χ4v) is 4.51. The Morgan fingerprint density at radius 2 is 1.85 bits per heavy atom. The van der Waals surface area contributed by atoms with E-state index in [9.17, 15) is 18.0 Å². The Morgan fingerprint density at radius 3 is 2.56 bits per heavy atom. The van der Waals surface area contributed by atoms with Crippen LogP contribution >= 0.6 is 11.6 Å². The van der Waals surface area contributed by atoms with Gasteiger partial charge in [0.25, 0.3) is 0 Å². The van der Waals surface area contributed by atoms with Gasteiger partial charge in [-0.05, 0) is 36.2 Å². The van der Waals surface area contributed by atoms with Crippen molar-refractivity contribution >= 4 is 44.8 Å². The van der Waals surface area contributed by atoms with Gasteiger partial charge in [-0.1, -0.05) is 35.9 Å². The molecule has 142 valence electrons. The molecular weight excluding hydrogens is 390 g/mol. The molecule has 1 aliphatic rings. The van der Waals surface area contributed by atoms with Crippen molar-refractivity contribution in [1.82, 2.24) is 5.32 Å². The van der Waals surface area contributed by atoms with Crippen LogP contribution < -0.4 is 14.9 Å². The maximum absolute atomic E-state index is 12.1. The number of carbonyl (C=O) groups excluding carboxylic acids is 2. The first-order valence-electron chi connectivity index (χ1n) is 8.30. The zero-order chi connectivity index (χ0) is 19.4. The first-order chi connectivity index (χ1) is 12.9. The van der Waals surface area contributed by atoms with E-state index < -0.39 is 21.8 Å². The van der Waals surface area contributed by atoms with Gasteiger partial charge in [-0.25, -0.2) is 8.42 Å². The summed E-state index contributed by atoms with van der Waals surface area (Å²) in [6.45, 7) is 0.524. The Bertz CT molecular complexity index is 978. The molecule has 1 fully saturated rings. The van der Waals surface area contributed by atoms with Crippen LogP contribution in [-0.4, -0.2) is 32.5 Å². The largest absolute Gasteiger partial charge is 0.344 e. The van der Waals surface area contributed by atoms with Gasteiger partial charge in [0.15, 0.2) is 0 Å². The molecular formula is C18H18ClN3O4S. The van der Waals surface area contributed by atoms with E-state index in [1.54, 1.807) is 42.5 Å². The summed E-state index contributed by atoms with van der Waals surface area (Å²) in [4.78, 5) is 24.1. The fraction of sp³-hybridized carbons (Fsp3) is 0.222. The predicted octanol–water partition coefficient (Wildman–Crippen LogP) is 2.13. The summed E-state index contributed by atoms with van der Waals surface area (Å²) in [7, 11) is -3.32. The number of sulfonamides is 1. The second-order valence-electron chi connectivity index (χ2n) is 6.02. The van der Waals surface area contributed by atoms with Gasteiger partial charge < -0.3 is 10.6 Å². The number of hydrogen-bond acceptors (Lipinski definition) is 4. The zero-order valence-electron chi connectivity index (χ0n) is 14.3. The molecule has 2 N–H and O–H groups in total. The highest BCUT2D eigenvalue weighted by atomic mass is 35.5. The molecule has 2 amide bonds. The molecule has 1 heterocycles. The Balaban J connectivity index is 1.63. The van der Waals surface area contributed by atoms with Crippen LogP contribution in [0, 0.1) is 0 Å². The van der Waals surface area contributed by atoms with Gasteiger partial charge in [0.05, 0.1) is 11.4 Å². The molecule has 0 aromatic heterocycles. The minimum atomic E-state index is -3.32. The molecule has 1 aliphatic heterocycles. The van der Waals surface area contributed by atoms with E-state index in [1.165, 1.54) is 10.4 Å². The van der Waals surface area contributed by atoms with Crippen molar-refractivity contribution in [2.45, 2.75) is 13.0 Å². The first kappa shape index (κ1) is 19.2. The predicted molar refractivity (Wildman–Crippen MR) is 104 cm³/mol. The molecule has 0 spiro atoms. The second-order valence-corrected chi connectivity index (χ2v) is 8.44. The van der Waals surface area contributed by atoms with Crippen LogP contribution in [-0.2, 0) is 26.2 Å². The van der Waals surface area contributed by atoms with Crippen molar-refractivity contribution < 1.29 is 18.0 Å². The second kappa shape index (κ2) is 7.98. The molecule has 0 saturated carbocycles. The topological polar surface area (TPSA) is 95.6 Å². The Hall–Kier alpha value is -2.58. The number of anilines is 2. The van der Waals surface area contributed by atoms with Crippen molar-refractivity contribution in [3.05, 3.63) is 59.1 Å². The van der Waals surface area contributed by atoms with E-state index in [0.717, 1.165) is 0 Å². The Labute approximate surface area is 162 Å². The number of nitrogens with zero attached hydrogens (tertiary/aromatic N) is 1. The summed E-state index contributed by atoms with van der Waals surface area (Å²) in [6, 6.07) is 13.4. The number of benzene rings is 2. The van der Waals surface area contributed by atoms with E-state index in [2.05, 4.69) is 10.6 Å². The SMILES string of the molecule is O=C(NCc1ccccc1Cl)C(=O)Nc1cccc(N2CCCS2(=O)=O)c1. The lowest BCUT2D eigenvalue weighted by atomic mass is 10.2. The van der Waals surface area contributed by atoms with E-state index >= 15 is 0 Å². The summed E-state index contributed by atoms with van der Waals surface area (Å²) < 4.78 is 25.3. The van der Waals surface area contributed by atoms with Crippen LogP contribution in [0.5, 0.6) is 0 Å². The average molecular weight is 408 g/mol. The molecule has 3 rings (SSSR count). The van der Waals surface area contributed by atoms with Gasteiger partial charge in [0.2, 0.25) is 10.0 Å². The molecule has 0 radical (unpaired) electrons. The van der Waals surface area contributed by atoms with E-state index in [0.29, 0.717) is 34.9 Å². The highest BCUT2D eigenvalue weighted by molar-refractivity contribution is 7.93. The average Bonchev–Trinajstić information content (AvgIpc) is 3.00. The summed E-state index contributed by atoms with van der Waals surface area (Å²) in [5.74, 6) is -1.55. The van der Waals surface area contributed by atoms with Crippen molar-refractivity contribution in [1.29, 1.82) is 0 Å². The van der Waals surface area contributed by atoms with Crippen LogP contribution in [0.2, 0.25) is 5.02 Å². The van der Waals surface area contributed by atoms with Crippen molar-refractivity contribution in [2.24, 2.45) is 0 Å². The third-order valence-electron chi connectivity index (χ3n) is 4.09. The lowest BCUT2D eigenvalue weighted by Crippen LogP contribution is -2.35. The lowest BCUT2D eigenvalue weighted by molar-refractivity contribution is -0.136. The summed E-state index contributed by atoms with van der Waals surface area (Å²) in [6.07, 6.45) is 0.559. The maximum atomic E-state index is 12.1. The van der Waals surface area contributed by atoms with Crippen molar-refractivity contribution in [2.75, 3.05) is 21.9 Å². The summed E-state index contributed by atoms with van der Waals surface area (Å²) >= 11 is 6.01. The standard InChI is InChI=1S/C18H18ClN3O4S/c19-16-8-2-1-5-13(16)12-20-17(23)18(24)21-14-6-3-7-15(11-14)22-9-4-10-27(22,25)26/h1-3,5-8,11H,4,9-10,12H2,(H,20,23)(H,21,24). The quantitative estimate of drug-likeness (QED) is 0.759. The van der Waals surface area contributed by atoms with E-state index in [4.69, 9.17) is 11.6 Å². The highest BCUT2D eigenvalue weighted by Gasteiger charge is 2.28. The minimum Gasteiger partial charge on any atom is -0.344 e. The van der Waals surface area contributed by atoms with Crippen LogP contribution in [0.15, 0.2) is 48.5 Å². The Morgan fingerprint density at radius 1 is 1.07 bits per heavy atom. The highest BCUT2D eigenvalue weighted by Crippen LogP contribution is 2.26. The number of amides is 2. The monoisotopic (exact) mass is 407 g/mol. The molecule has 0 unspecified atom stereocenters. The van der Waals surface area contributed by atoms with Gasteiger partial charge in [-0.2, -0.15) is 0 Å². The van der Waals surface area contributed by atoms with Crippen LogP contribution in [0.3, 0.4) is 0 Å². The first-order valence-corrected chi connectivity index (χ1v) is 10.3.